The molecule has 0 saturated carbocycles. The minimum atomic E-state index is -6.52. The number of benzene rings is 2. The third kappa shape index (κ3) is 8.03. The Kier molecular flexibility index (Phi) is 11.9. The molecule has 1 aromatic heterocycles. The standard InChI is InChI=1S/C31H36F8N2O5/c1-3-4-5-6-19-7-10-22(25(15-19)43-2)26-16-20-8-9-21(17-24(20)46-26)44-13-11-28(32,33)30(36,37)31(38,39)29(34,35)12-14-45-27(42)23(41)18-40/h7-10,15-17,23H,3-6,11-14,18,40-41H2,1-2H3. The van der Waals surface area contributed by atoms with Gasteiger partial charge < -0.3 is 30.1 Å². The second-order valence-electron chi connectivity index (χ2n) is 10.7. The van der Waals surface area contributed by atoms with E-state index in [0.717, 1.165) is 31.2 Å². The molecule has 0 spiro atoms. The molecule has 46 heavy (non-hydrogen) atoms. The zero-order chi connectivity index (χ0) is 34.3. The minimum Gasteiger partial charge on any atom is -0.496 e. The quantitative estimate of drug-likeness (QED) is 0.0828. The Morgan fingerprint density at radius 3 is 2.15 bits per heavy atom. The Balaban J connectivity index is 1.67. The molecule has 256 valence electrons. The van der Waals surface area contributed by atoms with Gasteiger partial charge in [-0.25, -0.2) is 0 Å². The number of alkyl halides is 8. The monoisotopic (exact) mass is 668 g/mol. The van der Waals surface area contributed by atoms with Gasteiger partial charge in [-0.3, -0.25) is 4.79 Å². The maximum Gasteiger partial charge on any atom is 0.378 e. The minimum absolute atomic E-state index is 0.125. The summed E-state index contributed by atoms with van der Waals surface area (Å²) in [5.74, 6) is -24.8. The number of furan rings is 1. The van der Waals surface area contributed by atoms with Crippen LogP contribution in [-0.2, 0) is 16.0 Å². The number of halogens is 8. The van der Waals surface area contributed by atoms with Crippen LogP contribution in [0, 0.1) is 0 Å². The number of hydrogen-bond donors (Lipinski definition) is 2. The highest BCUT2D eigenvalue weighted by molar-refractivity contribution is 5.85. The molecular formula is C31H36F8N2O5. The molecule has 0 radical (unpaired) electrons. The van der Waals surface area contributed by atoms with Crippen LogP contribution in [0.5, 0.6) is 11.5 Å². The Morgan fingerprint density at radius 1 is 0.891 bits per heavy atom. The van der Waals surface area contributed by atoms with E-state index in [1.807, 2.05) is 18.2 Å². The lowest BCUT2D eigenvalue weighted by atomic mass is 9.95. The van der Waals surface area contributed by atoms with Gasteiger partial charge in [-0.05, 0) is 48.7 Å². The number of methoxy groups -OCH3 is 1. The van der Waals surface area contributed by atoms with Gasteiger partial charge in [0.2, 0.25) is 0 Å². The number of carbonyl (C=O) groups excluding carboxylic acids is 1. The Morgan fingerprint density at radius 2 is 1.54 bits per heavy atom. The molecule has 0 bridgehead atoms. The second kappa shape index (κ2) is 14.9. The van der Waals surface area contributed by atoms with Crippen molar-refractivity contribution >= 4 is 16.9 Å². The highest BCUT2D eigenvalue weighted by Crippen LogP contribution is 2.54. The van der Waals surface area contributed by atoms with Crippen LogP contribution in [0.2, 0.25) is 0 Å². The van der Waals surface area contributed by atoms with E-state index < -0.39 is 68.3 Å². The van der Waals surface area contributed by atoms with Crippen LogP contribution in [0.15, 0.2) is 46.9 Å². The van der Waals surface area contributed by atoms with Gasteiger partial charge in [0.25, 0.3) is 0 Å². The molecule has 1 unspecified atom stereocenters. The third-order valence-electron chi connectivity index (χ3n) is 7.31. The zero-order valence-corrected chi connectivity index (χ0v) is 25.2. The number of rotatable bonds is 18. The molecule has 3 rings (SSSR count). The van der Waals surface area contributed by atoms with E-state index >= 15 is 0 Å². The Labute approximate surface area is 260 Å². The summed E-state index contributed by atoms with van der Waals surface area (Å²) < 4.78 is 135. The van der Waals surface area contributed by atoms with Gasteiger partial charge in [0.05, 0.1) is 38.7 Å². The number of ether oxygens (including phenoxy) is 3. The number of carbonyl (C=O) groups is 1. The lowest BCUT2D eigenvalue weighted by Gasteiger charge is -2.36. The van der Waals surface area contributed by atoms with Crippen molar-refractivity contribution in [2.24, 2.45) is 11.5 Å². The van der Waals surface area contributed by atoms with Crippen LogP contribution in [0.1, 0.15) is 44.6 Å². The summed E-state index contributed by atoms with van der Waals surface area (Å²) in [5, 5.41) is 0.575. The van der Waals surface area contributed by atoms with Crippen molar-refractivity contribution in [2.45, 2.75) is 75.2 Å². The van der Waals surface area contributed by atoms with Crippen LogP contribution < -0.4 is 20.9 Å². The molecule has 1 heterocycles. The summed E-state index contributed by atoms with van der Waals surface area (Å²) >= 11 is 0. The van der Waals surface area contributed by atoms with E-state index in [1.165, 1.54) is 25.3 Å². The molecule has 0 aliphatic heterocycles. The summed E-state index contributed by atoms with van der Waals surface area (Å²) in [5.41, 5.74) is 12.2. The summed E-state index contributed by atoms with van der Waals surface area (Å²) in [6.45, 7) is -1.09. The Bertz CT molecular complexity index is 1460. The topological polar surface area (TPSA) is 110 Å². The fourth-order valence-corrected chi connectivity index (χ4v) is 4.46. The molecule has 0 fully saturated rings. The molecule has 15 heteroatoms. The van der Waals surface area contributed by atoms with Crippen molar-refractivity contribution in [1.82, 2.24) is 0 Å². The van der Waals surface area contributed by atoms with Crippen molar-refractivity contribution in [2.75, 3.05) is 26.9 Å². The summed E-state index contributed by atoms with van der Waals surface area (Å²) in [6, 6.07) is 9.98. The van der Waals surface area contributed by atoms with Gasteiger partial charge >= 0.3 is 29.7 Å². The van der Waals surface area contributed by atoms with Crippen LogP contribution in [0.4, 0.5) is 35.1 Å². The first kappa shape index (κ1) is 36.9. The van der Waals surface area contributed by atoms with E-state index in [0.29, 0.717) is 22.5 Å². The largest absolute Gasteiger partial charge is 0.496 e. The number of esters is 1. The van der Waals surface area contributed by atoms with Gasteiger partial charge in [-0.1, -0.05) is 25.8 Å². The molecule has 2 aromatic carbocycles. The highest BCUT2D eigenvalue weighted by atomic mass is 19.4. The fourth-order valence-electron chi connectivity index (χ4n) is 4.46. The van der Waals surface area contributed by atoms with Gasteiger partial charge in [0.15, 0.2) is 0 Å². The molecule has 0 aliphatic carbocycles. The molecule has 1 atom stereocenters. The average Bonchev–Trinajstić information content (AvgIpc) is 3.43. The summed E-state index contributed by atoms with van der Waals surface area (Å²) in [7, 11) is 1.51. The van der Waals surface area contributed by atoms with Crippen molar-refractivity contribution in [3.8, 4) is 22.8 Å². The first-order valence-electron chi connectivity index (χ1n) is 14.5. The number of nitrogens with two attached hydrogens (primary N) is 2. The van der Waals surface area contributed by atoms with E-state index in [4.69, 9.17) is 25.4 Å². The number of aryl methyl sites for hydroxylation is 1. The van der Waals surface area contributed by atoms with Gasteiger partial charge in [0.1, 0.15) is 28.9 Å². The van der Waals surface area contributed by atoms with Crippen LogP contribution in [0.25, 0.3) is 22.3 Å². The summed E-state index contributed by atoms with van der Waals surface area (Å²) in [6.07, 6.45) is -0.139. The fraction of sp³-hybridized carbons (Fsp3) is 0.516. The number of unbranched alkanes of at least 4 members (excludes halogenated alkanes) is 2. The molecule has 0 saturated heterocycles. The van der Waals surface area contributed by atoms with Gasteiger partial charge in [0, 0.05) is 18.0 Å². The second-order valence-corrected chi connectivity index (χ2v) is 10.7. The van der Waals surface area contributed by atoms with E-state index in [9.17, 15) is 39.9 Å². The van der Waals surface area contributed by atoms with Crippen LogP contribution in [-0.4, -0.2) is 62.6 Å². The molecular weight excluding hydrogens is 632 g/mol. The predicted molar refractivity (Wildman–Crippen MR) is 154 cm³/mol. The molecule has 7 nitrogen and oxygen atoms in total. The maximum atomic E-state index is 14.4. The third-order valence-corrected chi connectivity index (χ3v) is 7.31. The molecule has 4 N–H and O–H groups in total. The summed E-state index contributed by atoms with van der Waals surface area (Å²) in [4.78, 5) is 11.4. The van der Waals surface area contributed by atoms with Gasteiger partial charge in [-0.15, -0.1) is 0 Å². The zero-order valence-electron chi connectivity index (χ0n) is 25.2. The maximum absolute atomic E-state index is 14.4. The molecule has 0 amide bonds. The van der Waals surface area contributed by atoms with E-state index in [2.05, 4.69) is 11.7 Å². The lowest BCUT2D eigenvalue weighted by Crippen LogP contribution is -2.62. The Hall–Kier alpha value is -3.59. The molecule has 0 aliphatic rings. The van der Waals surface area contributed by atoms with Crippen molar-refractivity contribution in [3.63, 3.8) is 0 Å². The van der Waals surface area contributed by atoms with Crippen LogP contribution >= 0.6 is 0 Å². The van der Waals surface area contributed by atoms with E-state index in [1.54, 1.807) is 6.07 Å². The lowest BCUT2D eigenvalue weighted by molar-refractivity contribution is -0.369. The van der Waals surface area contributed by atoms with Crippen LogP contribution in [0.3, 0.4) is 0 Å². The first-order valence-corrected chi connectivity index (χ1v) is 14.5. The smallest absolute Gasteiger partial charge is 0.378 e. The normalized spacial score (nSPS) is 13.6. The van der Waals surface area contributed by atoms with Crippen molar-refractivity contribution in [3.05, 3.63) is 48.0 Å². The van der Waals surface area contributed by atoms with Gasteiger partial charge in [-0.2, -0.15) is 35.1 Å². The number of hydrogen-bond acceptors (Lipinski definition) is 7. The van der Waals surface area contributed by atoms with Crippen molar-refractivity contribution < 1.29 is 58.5 Å². The van der Waals surface area contributed by atoms with Crippen molar-refractivity contribution in [1.29, 1.82) is 0 Å². The predicted octanol–water partition coefficient (Wildman–Crippen LogP) is 7.37. The molecule has 3 aromatic rings. The van der Waals surface area contributed by atoms with E-state index in [-0.39, 0.29) is 11.3 Å². The number of fused-ring (bicyclic) bond motifs is 1. The first-order chi connectivity index (χ1) is 21.5. The average molecular weight is 669 g/mol. The highest BCUT2D eigenvalue weighted by Gasteiger charge is 2.79. The SMILES string of the molecule is CCCCCc1ccc(-c2cc3ccc(OCCC(F)(F)C(F)(F)C(F)(F)C(F)(F)CCOC(=O)C(N)CN)cc3o2)c(OC)c1.